The van der Waals surface area contributed by atoms with Gasteiger partial charge in [-0.25, -0.2) is 8.42 Å². The topological polar surface area (TPSA) is 105 Å². The minimum absolute atomic E-state index is 0.0242. The van der Waals surface area contributed by atoms with Crippen LogP contribution in [0.25, 0.3) is 0 Å². The summed E-state index contributed by atoms with van der Waals surface area (Å²) in [6.07, 6.45) is 1.83. The smallest absolute Gasteiger partial charge is 0.253 e. The second-order valence-electron chi connectivity index (χ2n) is 5.90. The number of sulfone groups is 1. The summed E-state index contributed by atoms with van der Waals surface area (Å²) < 4.78 is 28.2. The van der Waals surface area contributed by atoms with Crippen molar-refractivity contribution in [1.29, 1.82) is 0 Å². The van der Waals surface area contributed by atoms with Gasteiger partial charge >= 0.3 is 0 Å². The van der Waals surface area contributed by atoms with Gasteiger partial charge in [0.1, 0.15) is 5.76 Å². The fourth-order valence-electron chi connectivity index (χ4n) is 2.70. The molecule has 1 atom stereocenters. The maximum absolute atomic E-state index is 12.4. The first kappa shape index (κ1) is 17.2. The van der Waals surface area contributed by atoms with Crippen molar-refractivity contribution in [1.82, 2.24) is 5.32 Å². The zero-order valence-electron chi connectivity index (χ0n) is 13.4. The summed E-state index contributed by atoms with van der Waals surface area (Å²) in [4.78, 5) is 24.7. The molecular weight excluding hydrogens is 344 g/mol. The SMILES string of the molecule is O=C(NCc1ccco1)c1ccccc1NC(=O)C1CCS(=O)(=O)C1. The number of benzene rings is 1. The quantitative estimate of drug-likeness (QED) is 0.840. The molecule has 132 valence electrons. The Morgan fingerprint density at radius 3 is 2.64 bits per heavy atom. The van der Waals surface area contributed by atoms with Crippen molar-refractivity contribution in [2.75, 3.05) is 16.8 Å². The Kier molecular flexibility index (Phi) is 4.89. The maximum Gasteiger partial charge on any atom is 0.253 e. The first-order valence-electron chi connectivity index (χ1n) is 7.85. The van der Waals surface area contributed by atoms with Crippen LogP contribution in [-0.2, 0) is 21.2 Å². The monoisotopic (exact) mass is 362 g/mol. The standard InChI is InChI=1S/C17H18N2O5S/c20-16(12-7-9-25(22,23)11-12)19-15-6-2-1-5-14(15)17(21)18-10-13-4-3-8-24-13/h1-6,8,12H,7,9-11H2,(H,18,21)(H,19,20). The van der Waals surface area contributed by atoms with E-state index in [1.807, 2.05) is 0 Å². The average molecular weight is 362 g/mol. The lowest BCUT2D eigenvalue weighted by atomic mass is 10.1. The van der Waals surface area contributed by atoms with Crippen LogP contribution in [0, 0.1) is 5.92 Å². The summed E-state index contributed by atoms with van der Waals surface area (Å²) in [6.45, 7) is 0.231. The van der Waals surface area contributed by atoms with Gasteiger partial charge in [-0.05, 0) is 30.7 Å². The molecule has 1 fully saturated rings. The summed E-state index contributed by atoms with van der Waals surface area (Å²) in [5.74, 6) is -0.823. The van der Waals surface area contributed by atoms with Gasteiger partial charge in [0.25, 0.3) is 5.91 Å². The van der Waals surface area contributed by atoms with Crippen LogP contribution in [0.3, 0.4) is 0 Å². The normalized spacial score (nSPS) is 18.6. The minimum atomic E-state index is -3.14. The molecule has 2 amide bonds. The lowest BCUT2D eigenvalue weighted by Gasteiger charge is -2.13. The molecule has 2 heterocycles. The highest BCUT2D eigenvalue weighted by atomic mass is 32.2. The number of hydrogen-bond acceptors (Lipinski definition) is 5. The van der Waals surface area contributed by atoms with Gasteiger partial charge in [-0.15, -0.1) is 0 Å². The van der Waals surface area contributed by atoms with Crippen molar-refractivity contribution in [3.05, 3.63) is 54.0 Å². The second-order valence-corrected chi connectivity index (χ2v) is 8.13. The summed E-state index contributed by atoms with van der Waals surface area (Å²) in [7, 11) is -3.14. The predicted octanol–water partition coefficient (Wildman–Crippen LogP) is 1.58. The molecule has 3 rings (SSSR count). The molecule has 25 heavy (non-hydrogen) atoms. The molecular formula is C17H18N2O5S. The number of anilines is 1. The molecule has 0 radical (unpaired) electrons. The fourth-order valence-corrected chi connectivity index (χ4v) is 4.44. The van der Waals surface area contributed by atoms with E-state index in [0.717, 1.165) is 0 Å². The van der Waals surface area contributed by atoms with E-state index in [4.69, 9.17) is 4.42 Å². The van der Waals surface area contributed by atoms with Gasteiger partial charge in [0.15, 0.2) is 9.84 Å². The molecule has 1 aliphatic rings. The minimum Gasteiger partial charge on any atom is -0.467 e. The summed E-state index contributed by atoms with van der Waals surface area (Å²) in [5.41, 5.74) is 0.664. The molecule has 2 aromatic rings. The van der Waals surface area contributed by atoms with Gasteiger partial charge in [-0.3, -0.25) is 9.59 Å². The van der Waals surface area contributed by atoms with Gasteiger partial charge in [0.2, 0.25) is 5.91 Å². The van der Waals surface area contributed by atoms with Crippen LogP contribution in [0.15, 0.2) is 47.1 Å². The molecule has 1 unspecified atom stereocenters. The van der Waals surface area contributed by atoms with Crippen molar-refractivity contribution in [3.8, 4) is 0 Å². The van der Waals surface area contributed by atoms with Crippen molar-refractivity contribution in [3.63, 3.8) is 0 Å². The number of furan rings is 1. The molecule has 0 spiro atoms. The lowest BCUT2D eigenvalue weighted by molar-refractivity contribution is -0.119. The van der Waals surface area contributed by atoms with Crippen molar-refractivity contribution in [2.24, 2.45) is 5.92 Å². The van der Waals surface area contributed by atoms with E-state index >= 15 is 0 Å². The van der Waals surface area contributed by atoms with Gasteiger partial charge in [0.05, 0.1) is 41.5 Å². The van der Waals surface area contributed by atoms with E-state index in [1.165, 1.54) is 6.26 Å². The molecule has 1 aromatic heterocycles. The predicted molar refractivity (Wildman–Crippen MR) is 91.7 cm³/mol. The second kappa shape index (κ2) is 7.10. The van der Waals surface area contributed by atoms with Gasteiger partial charge < -0.3 is 15.1 Å². The van der Waals surface area contributed by atoms with E-state index in [2.05, 4.69) is 10.6 Å². The zero-order valence-corrected chi connectivity index (χ0v) is 14.2. The number of nitrogens with one attached hydrogen (secondary N) is 2. The third-order valence-corrected chi connectivity index (χ3v) is 5.80. The van der Waals surface area contributed by atoms with Crippen molar-refractivity contribution >= 4 is 27.3 Å². The highest BCUT2D eigenvalue weighted by Crippen LogP contribution is 2.22. The number of amides is 2. The van der Waals surface area contributed by atoms with Crippen LogP contribution in [0.2, 0.25) is 0 Å². The summed E-state index contributed by atoms with van der Waals surface area (Å²) >= 11 is 0. The highest BCUT2D eigenvalue weighted by molar-refractivity contribution is 7.91. The third kappa shape index (κ3) is 4.27. The first-order chi connectivity index (χ1) is 11.9. The Labute approximate surface area is 145 Å². The highest BCUT2D eigenvalue weighted by Gasteiger charge is 2.33. The number of para-hydroxylation sites is 1. The lowest BCUT2D eigenvalue weighted by Crippen LogP contribution is -2.27. The summed E-state index contributed by atoms with van der Waals surface area (Å²) in [5, 5.41) is 5.39. The third-order valence-electron chi connectivity index (χ3n) is 4.04. The fraction of sp³-hybridized carbons (Fsp3) is 0.294. The van der Waals surface area contributed by atoms with Gasteiger partial charge in [-0.1, -0.05) is 12.1 Å². The van der Waals surface area contributed by atoms with Gasteiger partial charge in [0, 0.05) is 0 Å². The number of carbonyl (C=O) groups is 2. The van der Waals surface area contributed by atoms with Crippen molar-refractivity contribution in [2.45, 2.75) is 13.0 Å². The Hall–Kier alpha value is -2.61. The Morgan fingerprint density at radius 2 is 1.96 bits per heavy atom. The van der Waals surface area contributed by atoms with E-state index in [-0.39, 0.29) is 29.9 Å². The van der Waals surface area contributed by atoms with E-state index < -0.39 is 15.8 Å². The molecule has 0 bridgehead atoms. The van der Waals surface area contributed by atoms with E-state index in [1.54, 1.807) is 36.4 Å². The van der Waals surface area contributed by atoms with Crippen LogP contribution in [0.4, 0.5) is 5.69 Å². The number of rotatable bonds is 5. The zero-order chi connectivity index (χ0) is 17.9. The average Bonchev–Trinajstić information content (AvgIpc) is 3.22. The molecule has 1 aromatic carbocycles. The maximum atomic E-state index is 12.4. The van der Waals surface area contributed by atoms with Crippen LogP contribution in [0.5, 0.6) is 0 Å². The number of carbonyl (C=O) groups excluding carboxylic acids is 2. The number of hydrogen-bond donors (Lipinski definition) is 2. The molecule has 0 saturated carbocycles. The Bertz CT molecular complexity index is 874. The van der Waals surface area contributed by atoms with E-state index in [9.17, 15) is 18.0 Å². The van der Waals surface area contributed by atoms with Crippen LogP contribution < -0.4 is 10.6 Å². The first-order valence-corrected chi connectivity index (χ1v) is 9.68. The van der Waals surface area contributed by atoms with Crippen LogP contribution in [0.1, 0.15) is 22.5 Å². The molecule has 2 N–H and O–H groups in total. The summed E-state index contributed by atoms with van der Waals surface area (Å²) in [6, 6.07) is 10.1. The Balaban J connectivity index is 1.68. The molecule has 1 saturated heterocycles. The molecule has 7 nitrogen and oxygen atoms in total. The van der Waals surface area contributed by atoms with Crippen LogP contribution >= 0.6 is 0 Å². The molecule has 8 heteroatoms. The Morgan fingerprint density at radius 1 is 1.16 bits per heavy atom. The van der Waals surface area contributed by atoms with Gasteiger partial charge in [-0.2, -0.15) is 0 Å². The molecule has 1 aliphatic heterocycles. The molecule has 0 aliphatic carbocycles. The van der Waals surface area contributed by atoms with Crippen molar-refractivity contribution < 1.29 is 22.4 Å². The van der Waals surface area contributed by atoms with Crippen LogP contribution in [-0.4, -0.2) is 31.7 Å². The van der Waals surface area contributed by atoms with E-state index in [0.29, 0.717) is 23.4 Å². The largest absolute Gasteiger partial charge is 0.467 e.